The molecule has 0 radical (unpaired) electrons. The zero-order valence-electron chi connectivity index (χ0n) is 16.6. The van der Waals surface area contributed by atoms with Crippen molar-refractivity contribution in [2.24, 2.45) is 0 Å². The molecular weight excluding hydrogens is 386 g/mol. The monoisotopic (exact) mass is 409 g/mol. The number of carbonyl (C=O) groups excluding carboxylic acids is 4. The van der Waals surface area contributed by atoms with Gasteiger partial charge in [-0.15, -0.1) is 0 Å². The lowest BCUT2D eigenvalue weighted by Gasteiger charge is -2.25. The van der Waals surface area contributed by atoms with Gasteiger partial charge in [-0.1, -0.05) is 42.5 Å². The first-order valence-corrected chi connectivity index (χ1v) is 9.57. The molecular formula is C22H23N3O5. The summed E-state index contributed by atoms with van der Waals surface area (Å²) in [5.74, 6) is -1.73. The number of ether oxygens (including phenoxy) is 1. The molecule has 0 saturated carbocycles. The Morgan fingerprint density at radius 1 is 0.900 bits per heavy atom. The Hall–Kier alpha value is -3.52. The van der Waals surface area contributed by atoms with E-state index in [0.717, 1.165) is 10.5 Å². The average molecular weight is 409 g/mol. The van der Waals surface area contributed by atoms with Gasteiger partial charge in [-0.2, -0.15) is 0 Å². The number of methoxy groups -OCH3 is 1. The Balaban J connectivity index is 1.74. The van der Waals surface area contributed by atoms with Crippen molar-refractivity contribution in [2.45, 2.75) is 12.5 Å². The second kappa shape index (κ2) is 9.80. The van der Waals surface area contributed by atoms with Crippen LogP contribution in [0.5, 0.6) is 0 Å². The summed E-state index contributed by atoms with van der Waals surface area (Å²) in [6.07, 6.45) is 0.189. The van der Waals surface area contributed by atoms with Crippen molar-refractivity contribution in [3.63, 3.8) is 0 Å². The minimum Gasteiger partial charge on any atom is -0.375 e. The van der Waals surface area contributed by atoms with Crippen LogP contribution in [0.25, 0.3) is 0 Å². The number of nitrogens with zero attached hydrogens (tertiary/aromatic N) is 1. The summed E-state index contributed by atoms with van der Waals surface area (Å²) >= 11 is 0. The van der Waals surface area contributed by atoms with Gasteiger partial charge in [0.25, 0.3) is 11.8 Å². The lowest BCUT2D eigenvalue weighted by atomic mass is 10.0. The van der Waals surface area contributed by atoms with E-state index in [2.05, 4.69) is 10.6 Å². The van der Waals surface area contributed by atoms with Crippen molar-refractivity contribution in [2.75, 3.05) is 26.8 Å². The molecule has 2 aromatic carbocycles. The van der Waals surface area contributed by atoms with Gasteiger partial charge in [-0.05, 0) is 17.7 Å². The number of benzene rings is 2. The molecule has 30 heavy (non-hydrogen) atoms. The van der Waals surface area contributed by atoms with E-state index < -0.39 is 23.8 Å². The smallest absolute Gasteiger partial charge is 0.262 e. The fourth-order valence-electron chi connectivity index (χ4n) is 3.32. The van der Waals surface area contributed by atoms with Crippen molar-refractivity contribution in [3.05, 3.63) is 71.3 Å². The van der Waals surface area contributed by atoms with Crippen LogP contribution in [0.2, 0.25) is 0 Å². The Labute approximate surface area is 174 Å². The average Bonchev–Trinajstić information content (AvgIpc) is 3.01. The van der Waals surface area contributed by atoms with Gasteiger partial charge in [-0.25, -0.2) is 0 Å². The summed E-state index contributed by atoms with van der Waals surface area (Å²) in [5.41, 5.74) is 1.41. The summed E-state index contributed by atoms with van der Waals surface area (Å²) in [5, 5.41) is 5.31. The molecule has 2 aromatic rings. The first-order valence-electron chi connectivity index (χ1n) is 9.57. The van der Waals surface area contributed by atoms with E-state index in [0.29, 0.717) is 11.1 Å². The molecule has 1 atom stereocenters. The second-order valence-electron chi connectivity index (χ2n) is 6.81. The van der Waals surface area contributed by atoms with E-state index >= 15 is 0 Å². The van der Waals surface area contributed by atoms with Crippen molar-refractivity contribution in [1.82, 2.24) is 15.5 Å². The van der Waals surface area contributed by atoms with Crippen LogP contribution in [-0.4, -0.2) is 61.4 Å². The third-order valence-electron chi connectivity index (χ3n) is 4.73. The molecule has 1 unspecified atom stereocenters. The van der Waals surface area contributed by atoms with Gasteiger partial charge >= 0.3 is 0 Å². The first-order chi connectivity index (χ1) is 14.5. The van der Waals surface area contributed by atoms with Crippen molar-refractivity contribution >= 4 is 23.6 Å². The molecule has 1 heterocycles. The largest absolute Gasteiger partial charge is 0.375 e. The van der Waals surface area contributed by atoms with Crippen molar-refractivity contribution in [1.29, 1.82) is 0 Å². The van der Waals surface area contributed by atoms with Crippen LogP contribution in [0.15, 0.2) is 54.6 Å². The lowest BCUT2D eigenvalue weighted by molar-refractivity contribution is -0.126. The van der Waals surface area contributed by atoms with Crippen molar-refractivity contribution < 1.29 is 23.9 Å². The molecule has 0 aromatic heterocycles. The van der Waals surface area contributed by atoms with Gasteiger partial charge in [0.1, 0.15) is 12.6 Å². The maximum absolute atomic E-state index is 13.0. The number of hydrogen-bond acceptors (Lipinski definition) is 5. The highest BCUT2D eigenvalue weighted by molar-refractivity contribution is 6.22. The van der Waals surface area contributed by atoms with Gasteiger partial charge in [0.15, 0.2) is 0 Å². The summed E-state index contributed by atoms with van der Waals surface area (Å²) < 4.78 is 4.73. The van der Waals surface area contributed by atoms with Crippen LogP contribution in [-0.2, 0) is 20.7 Å². The SMILES string of the molecule is COCC(=O)NCCNC(=O)C(Cc1ccccc1)N1C(=O)c2ccccc2C1=O. The summed E-state index contributed by atoms with van der Waals surface area (Å²) in [7, 11) is 1.41. The fourth-order valence-corrected chi connectivity index (χ4v) is 3.32. The van der Waals surface area contributed by atoms with E-state index in [1.165, 1.54) is 7.11 Å². The van der Waals surface area contributed by atoms with Crippen LogP contribution in [0, 0.1) is 0 Å². The van der Waals surface area contributed by atoms with Gasteiger partial charge < -0.3 is 15.4 Å². The molecule has 0 aliphatic carbocycles. The highest BCUT2D eigenvalue weighted by atomic mass is 16.5. The number of nitrogens with one attached hydrogen (secondary N) is 2. The van der Waals surface area contributed by atoms with Crippen LogP contribution in [0.4, 0.5) is 0 Å². The molecule has 8 heteroatoms. The van der Waals surface area contributed by atoms with Gasteiger partial charge in [0, 0.05) is 26.6 Å². The minimum atomic E-state index is -1.01. The predicted octanol–water partition coefficient (Wildman–Crippen LogP) is 0.773. The summed E-state index contributed by atoms with van der Waals surface area (Å²) in [6.45, 7) is 0.288. The molecule has 0 fully saturated rings. The molecule has 1 aliphatic rings. The first kappa shape index (κ1) is 21.2. The third-order valence-corrected chi connectivity index (χ3v) is 4.73. The molecule has 0 bridgehead atoms. The topological polar surface area (TPSA) is 105 Å². The Morgan fingerprint density at radius 2 is 1.47 bits per heavy atom. The van der Waals surface area contributed by atoms with Crippen LogP contribution in [0.3, 0.4) is 0 Å². The van der Waals surface area contributed by atoms with Gasteiger partial charge in [0.2, 0.25) is 11.8 Å². The second-order valence-corrected chi connectivity index (χ2v) is 6.81. The number of rotatable bonds is 9. The fraction of sp³-hybridized carbons (Fsp3) is 0.273. The Bertz CT molecular complexity index is 910. The number of carbonyl (C=O) groups is 4. The molecule has 8 nitrogen and oxygen atoms in total. The molecule has 1 aliphatic heterocycles. The van der Waals surface area contributed by atoms with Crippen LogP contribution < -0.4 is 10.6 Å². The number of amides is 4. The quantitative estimate of drug-likeness (QED) is 0.470. The molecule has 4 amide bonds. The normalized spacial score (nSPS) is 13.7. The molecule has 156 valence electrons. The van der Waals surface area contributed by atoms with Crippen LogP contribution >= 0.6 is 0 Å². The van der Waals surface area contributed by atoms with E-state index in [1.54, 1.807) is 24.3 Å². The zero-order valence-corrected chi connectivity index (χ0v) is 16.6. The maximum atomic E-state index is 13.0. The van der Waals surface area contributed by atoms with E-state index in [1.807, 2.05) is 30.3 Å². The van der Waals surface area contributed by atoms with E-state index in [4.69, 9.17) is 4.74 Å². The highest BCUT2D eigenvalue weighted by Crippen LogP contribution is 2.26. The molecule has 2 N–H and O–H groups in total. The maximum Gasteiger partial charge on any atom is 0.262 e. The molecule has 3 rings (SSSR count). The van der Waals surface area contributed by atoms with Crippen LogP contribution in [0.1, 0.15) is 26.3 Å². The van der Waals surface area contributed by atoms with Gasteiger partial charge in [-0.3, -0.25) is 24.1 Å². The standard InChI is InChI=1S/C22H23N3O5/c1-30-14-19(26)23-11-12-24-20(27)18(13-15-7-3-2-4-8-15)25-21(28)16-9-5-6-10-17(16)22(25)29/h2-10,18H,11-14H2,1H3,(H,23,26)(H,24,27). The van der Waals surface area contributed by atoms with E-state index in [-0.39, 0.29) is 32.0 Å². The molecule has 0 saturated heterocycles. The van der Waals surface area contributed by atoms with Crippen molar-refractivity contribution in [3.8, 4) is 0 Å². The molecule has 0 spiro atoms. The minimum absolute atomic E-state index is 0.0698. The number of imide groups is 1. The predicted molar refractivity (Wildman–Crippen MR) is 109 cm³/mol. The third kappa shape index (κ3) is 4.72. The zero-order chi connectivity index (χ0) is 21.5. The summed E-state index contributed by atoms with van der Waals surface area (Å²) in [4.78, 5) is 51.2. The Kier molecular flexibility index (Phi) is 6.92. The van der Waals surface area contributed by atoms with E-state index in [9.17, 15) is 19.2 Å². The Morgan fingerprint density at radius 3 is 2.07 bits per heavy atom. The number of hydrogen-bond donors (Lipinski definition) is 2. The van der Waals surface area contributed by atoms with Gasteiger partial charge in [0.05, 0.1) is 11.1 Å². The number of fused-ring (bicyclic) bond motifs is 1. The highest BCUT2D eigenvalue weighted by Gasteiger charge is 2.42. The summed E-state index contributed by atoms with van der Waals surface area (Å²) in [6, 6.07) is 14.7. The lowest BCUT2D eigenvalue weighted by Crippen LogP contribution is -2.51.